The van der Waals surface area contributed by atoms with Gasteiger partial charge in [-0.3, -0.25) is 0 Å². The quantitative estimate of drug-likeness (QED) is 0.208. The summed E-state index contributed by atoms with van der Waals surface area (Å²) in [4.78, 5) is 40.6. The number of para-hydroxylation sites is 4. The molecule has 0 unspecified atom stereocenters. The molecule has 0 atom stereocenters. The first-order chi connectivity index (χ1) is 18.9. The normalized spacial score (nSPS) is 8.98. The number of aromatic hydroxyl groups is 4. The predicted octanol–water partition coefficient (Wildman–Crippen LogP) is -0.980. The number of phenols is 4. The van der Waals surface area contributed by atoms with Crippen LogP contribution in [0.15, 0.2) is 97.1 Å². The molecule has 0 aliphatic carbocycles. The molecule has 4 aromatic carbocycles. The zero-order valence-electron chi connectivity index (χ0n) is 20.8. The SMILES string of the molecule is O=C([O-])c1ccccc1O.O=C([O-])c1ccccc1O.O=C([O-])c1ccccc1O.O=C([O-])c1ccccc1O.[Ti+4]. The summed E-state index contributed by atoms with van der Waals surface area (Å²) in [6.45, 7) is 0. The molecule has 0 fully saturated rings. The number of benzene rings is 4. The van der Waals surface area contributed by atoms with Crippen molar-refractivity contribution in [2.45, 2.75) is 0 Å². The summed E-state index contributed by atoms with van der Waals surface area (Å²) >= 11 is 0. The number of carbonyl (C=O) groups excluding carboxylic acids is 4. The molecule has 0 aliphatic rings. The Kier molecular flexibility index (Phi) is 15.7. The molecule has 13 heteroatoms. The van der Waals surface area contributed by atoms with Gasteiger partial charge in [-0.25, -0.2) is 0 Å². The van der Waals surface area contributed by atoms with E-state index in [0.29, 0.717) is 0 Å². The fraction of sp³-hybridized carbons (Fsp3) is 0. The van der Waals surface area contributed by atoms with Crippen molar-refractivity contribution < 1.29 is 81.7 Å². The topological polar surface area (TPSA) is 241 Å². The molecule has 0 heterocycles. The Balaban J connectivity index is 0.000000516. The van der Waals surface area contributed by atoms with Crippen LogP contribution < -0.4 is 20.4 Å². The Labute approximate surface area is 247 Å². The van der Waals surface area contributed by atoms with Crippen LogP contribution in [0.2, 0.25) is 0 Å². The van der Waals surface area contributed by atoms with Crippen molar-refractivity contribution in [1.29, 1.82) is 0 Å². The van der Waals surface area contributed by atoms with Crippen molar-refractivity contribution >= 4 is 23.9 Å². The molecule has 0 aromatic heterocycles. The minimum atomic E-state index is -1.36. The van der Waals surface area contributed by atoms with Crippen LogP contribution in [0, 0.1) is 0 Å². The van der Waals surface area contributed by atoms with Gasteiger partial charge in [0, 0.05) is 22.3 Å². The molecule has 0 bridgehead atoms. The van der Waals surface area contributed by atoms with E-state index in [1.165, 1.54) is 72.8 Å². The van der Waals surface area contributed by atoms with Crippen molar-refractivity contribution in [3.05, 3.63) is 119 Å². The van der Waals surface area contributed by atoms with Crippen LogP contribution in [-0.2, 0) is 21.7 Å². The van der Waals surface area contributed by atoms with Gasteiger partial charge in [0.2, 0.25) is 0 Å². The number of aromatic carboxylic acids is 4. The van der Waals surface area contributed by atoms with E-state index in [0.717, 1.165) is 0 Å². The van der Waals surface area contributed by atoms with Gasteiger partial charge in [-0.15, -0.1) is 0 Å². The monoisotopic (exact) mass is 596 g/mol. The number of hydrogen-bond donors (Lipinski definition) is 4. The fourth-order valence-electron chi connectivity index (χ4n) is 2.59. The number of hydrogen-bond acceptors (Lipinski definition) is 12. The van der Waals surface area contributed by atoms with Crippen molar-refractivity contribution in [3.63, 3.8) is 0 Å². The molecule has 208 valence electrons. The van der Waals surface area contributed by atoms with Gasteiger partial charge in [-0.1, -0.05) is 48.5 Å². The largest absolute Gasteiger partial charge is 4.00 e. The van der Waals surface area contributed by atoms with E-state index in [2.05, 4.69) is 0 Å². The summed E-state index contributed by atoms with van der Waals surface area (Å²) in [7, 11) is 0. The van der Waals surface area contributed by atoms with E-state index < -0.39 is 23.9 Å². The van der Waals surface area contributed by atoms with Crippen molar-refractivity contribution in [1.82, 2.24) is 0 Å². The molecule has 0 aliphatic heterocycles. The zero-order chi connectivity index (χ0) is 30.2. The fourth-order valence-corrected chi connectivity index (χ4v) is 2.59. The first-order valence-corrected chi connectivity index (χ1v) is 10.8. The van der Waals surface area contributed by atoms with Crippen molar-refractivity contribution in [2.75, 3.05) is 0 Å². The average Bonchev–Trinajstić information content (AvgIpc) is 2.90. The van der Waals surface area contributed by atoms with Gasteiger partial charge in [-0.2, -0.15) is 0 Å². The number of carboxylic acid groups (broad SMARTS) is 4. The van der Waals surface area contributed by atoms with Crippen LogP contribution in [0.5, 0.6) is 23.0 Å². The molecule has 0 amide bonds. The number of carbonyl (C=O) groups is 4. The van der Waals surface area contributed by atoms with Gasteiger partial charge in [-0.05, 0) is 48.5 Å². The maximum Gasteiger partial charge on any atom is 4.00 e. The third-order valence-electron chi connectivity index (χ3n) is 4.50. The van der Waals surface area contributed by atoms with E-state index in [4.69, 9.17) is 20.4 Å². The molecular formula is C28H20O12Ti. The summed E-state index contributed by atoms with van der Waals surface area (Å²) in [6.07, 6.45) is 0. The summed E-state index contributed by atoms with van der Waals surface area (Å²) in [5, 5.41) is 76.0. The molecule has 0 spiro atoms. The summed E-state index contributed by atoms with van der Waals surface area (Å²) < 4.78 is 0. The smallest absolute Gasteiger partial charge is 0.545 e. The van der Waals surface area contributed by atoms with Gasteiger partial charge in [0.05, 0.1) is 23.9 Å². The van der Waals surface area contributed by atoms with Gasteiger partial charge >= 0.3 is 21.7 Å². The van der Waals surface area contributed by atoms with E-state index in [-0.39, 0.29) is 67.0 Å². The second kappa shape index (κ2) is 18.0. The maximum atomic E-state index is 10.2. The average molecular weight is 596 g/mol. The van der Waals surface area contributed by atoms with Crippen molar-refractivity contribution in [3.8, 4) is 23.0 Å². The summed E-state index contributed by atoms with van der Waals surface area (Å²) in [5.41, 5.74) is -0.713. The molecule has 41 heavy (non-hydrogen) atoms. The number of carboxylic acids is 4. The predicted molar refractivity (Wildman–Crippen MR) is 130 cm³/mol. The summed E-state index contributed by atoms with van der Waals surface area (Å²) in [6, 6.07) is 22.6. The van der Waals surface area contributed by atoms with Crippen molar-refractivity contribution in [2.24, 2.45) is 0 Å². The molecule has 0 saturated carbocycles. The van der Waals surface area contributed by atoms with E-state index >= 15 is 0 Å². The molecule has 0 radical (unpaired) electrons. The van der Waals surface area contributed by atoms with Crippen LogP contribution in [0.4, 0.5) is 0 Å². The molecule has 4 rings (SSSR count). The van der Waals surface area contributed by atoms with Gasteiger partial charge in [0.25, 0.3) is 0 Å². The Morgan fingerprint density at radius 3 is 0.610 bits per heavy atom. The summed E-state index contributed by atoms with van der Waals surface area (Å²) in [5.74, 6) is -6.50. The van der Waals surface area contributed by atoms with E-state index in [1.807, 2.05) is 0 Å². The molecule has 12 nitrogen and oxygen atoms in total. The minimum absolute atomic E-state index is 0. The second-order valence-electron chi connectivity index (χ2n) is 7.22. The zero-order valence-corrected chi connectivity index (χ0v) is 22.4. The van der Waals surface area contributed by atoms with Gasteiger partial charge in [0.1, 0.15) is 23.0 Å². The van der Waals surface area contributed by atoms with E-state index in [9.17, 15) is 39.6 Å². The first kappa shape index (κ1) is 35.7. The second-order valence-corrected chi connectivity index (χ2v) is 7.22. The van der Waals surface area contributed by atoms with Crippen LogP contribution in [0.3, 0.4) is 0 Å². The standard InChI is InChI=1S/4C7H6O3.Ti/c4*8-6-4-2-1-3-5(6)7(9)10;/h4*1-4,8H,(H,9,10);/q;;;;+4/p-4. The molecular weight excluding hydrogens is 576 g/mol. The Morgan fingerprint density at radius 2 is 0.512 bits per heavy atom. The Bertz CT molecular complexity index is 1250. The third kappa shape index (κ3) is 12.4. The van der Waals surface area contributed by atoms with Gasteiger partial charge in [0.15, 0.2) is 0 Å². The molecule has 0 saturated heterocycles. The van der Waals surface area contributed by atoms with Crippen LogP contribution in [0.25, 0.3) is 0 Å². The Morgan fingerprint density at radius 1 is 0.366 bits per heavy atom. The molecule has 4 N–H and O–H groups in total. The van der Waals surface area contributed by atoms with Crippen LogP contribution in [-0.4, -0.2) is 44.3 Å². The number of rotatable bonds is 4. The van der Waals surface area contributed by atoms with Crippen LogP contribution in [0.1, 0.15) is 41.4 Å². The molecule has 4 aromatic rings. The van der Waals surface area contributed by atoms with Gasteiger partial charge < -0.3 is 60.0 Å². The van der Waals surface area contributed by atoms with Crippen LogP contribution >= 0.6 is 0 Å². The third-order valence-corrected chi connectivity index (χ3v) is 4.50. The maximum absolute atomic E-state index is 10.2. The Hall–Kier alpha value is -5.33. The van der Waals surface area contributed by atoms with E-state index in [1.54, 1.807) is 24.3 Å². The first-order valence-electron chi connectivity index (χ1n) is 10.8. The minimum Gasteiger partial charge on any atom is -0.545 e.